The van der Waals surface area contributed by atoms with Gasteiger partial charge in [0.05, 0.1) is 17.3 Å². The van der Waals surface area contributed by atoms with Crippen LogP contribution in [0.15, 0.2) is 44.9 Å². The van der Waals surface area contributed by atoms with E-state index in [0.717, 1.165) is 40.1 Å². The lowest BCUT2D eigenvalue weighted by molar-refractivity contribution is -0.122. The molecule has 2 aromatic heterocycles. The molecule has 1 aliphatic rings. The van der Waals surface area contributed by atoms with Gasteiger partial charge in [-0.3, -0.25) is 4.79 Å². The molecule has 4 rings (SSSR count). The number of rotatable bonds is 4. The van der Waals surface area contributed by atoms with E-state index in [1.54, 1.807) is 24.6 Å². The minimum Gasteiger partial charge on any atom is -0.497 e. The summed E-state index contributed by atoms with van der Waals surface area (Å²) in [6.07, 6.45) is 2.03. The number of hydrogen-bond acceptors (Lipinski definition) is 6. The van der Waals surface area contributed by atoms with Crippen LogP contribution >= 0.6 is 22.7 Å². The van der Waals surface area contributed by atoms with Crippen molar-refractivity contribution < 1.29 is 17.9 Å². The van der Waals surface area contributed by atoms with Gasteiger partial charge in [0, 0.05) is 13.6 Å². The minimum absolute atomic E-state index is 0.261. The monoisotopic (exact) mass is 451 g/mol. The largest absolute Gasteiger partial charge is 0.497 e. The van der Waals surface area contributed by atoms with Gasteiger partial charge in [-0.15, -0.1) is 11.3 Å². The molecule has 0 radical (unpaired) electrons. The zero-order valence-electron chi connectivity index (χ0n) is 16.1. The molecule has 0 aliphatic carbocycles. The Balaban J connectivity index is 1.71. The van der Waals surface area contributed by atoms with Crippen LogP contribution < -0.4 is 9.54 Å². The molecule has 1 amide bonds. The standard InChI is InChI=1S/C19H21N3O4S3/c1-21-14-9-8-13(26-2)12-16(14)28-19(21)20-18(23)15-6-3-4-10-22(15)29(24,25)17-7-5-11-27-17/h5,7-9,11-12,15H,3-4,6,10H2,1-2H3. The average Bonchev–Trinajstić information content (AvgIpc) is 3.37. The first-order valence-corrected chi connectivity index (χ1v) is 12.3. The van der Waals surface area contributed by atoms with Crippen molar-refractivity contribution >= 4 is 48.8 Å². The number of sulfonamides is 1. The highest BCUT2D eigenvalue weighted by Gasteiger charge is 2.38. The van der Waals surface area contributed by atoms with E-state index >= 15 is 0 Å². The number of nitrogens with zero attached hydrogens (tertiary/aromatic N) is 3. The maximum Gasteiger partial charge on any atom is 0.266 e. The number of benzene rings is 1. The Morgan fingerprint density at radius 1 is 1.28 bits per heavy atom. The van der Waals surface area contributed by atoms with Gasteiger partial charge in [0.2, 0.25) is 0 Å². The van der Waals surface area contributed by atoms with Crippen LogP contribution in [0, 0.1) is 0 Å². The molecule has 1 fully saturated rings. The second-order valence-corrected chi connectivity index (χ2v) is 10.9. The lowest BCUT2D eigenvalue weighted by Crippen LogP contribution is -2.47. The van der Waals surface area contributed by atoms with Crippen molar-refractivity contribution in [3.8, 4) is 5.75 Å². The molecule has 10 heteroatoms. The number of carbonyl (C=O) groups is 1. The first-order valence-electron chi connectivity index (χ1n) is 9.19. The zero-order valence-corrected chi connectivity index (χ0v) is 18.5. The number of piperidine rings is 1. The normalized spacial score (nSPS) is 19.0. The van der Waals surface area contributed by atoms with E-state index in [4.69, 9.17) is 4.74 Å². The van der Waals surface area contributed by atoms with Crippen molar-refractivity contribution in [3.63, 3.8) is 0 Å². The summed E-state index contributed by atoms with van der Waals surface area (Å²) in [6.45, 7) is 0.335. The summed E-state index contributed by atoms with van der Waals surface area (Å²) < 4.78 is 35.7. The fourth-order valence-electron chi connectivity index (χ4n) is 3.48. The van der Waals surface area contributed by atoms with Gasteiger partial charge in [0.1, 0.15) is 16.0 Å². The fraction of sp³-hybridized carbons (Fsp3) is 0.368. The number of aryl methyl sites for hydroxylation is 1. The van der Waals surface area contributed by atoms with E-state index in [2.05, 4.69) is 4.99 Å². The summed E-state index contributed by atoms with van der Waals surface area (Å²) in [5, 5.41) is 1.73. The quantitative estimate of drug-likeness (QED) is 0.611. The Morgan fingerprint density at radius 2 is 2.10 bits per heavy atom. The Kier molecular flexibility index (Phi) is 5.60. The van der Waals surface area contributed by atoms with Gasteiger partial charge in [-0.05, 0) is 42.5 Å². The summed E-state index contributed by atoms with van der Waals surface area (Å²) in [5.41, 5.74) is 0.939. The fourth-order valence-corrected chi connectivity index (χ4v) is 7.30. The molecule has 1 unspecified atom stereocenters. The Morgan fingerprint density at radius 3 is 2.83 bits per heavy atom. The summed E-state index contributed by atoms with van der Waals surface area (Å²) >= 11 is 2.55. The number of ether oxygens (including phenoxy) is 1. The molecule has 3 aromatic rings. The molecule has 1 aromatic carbocycles. The molecule has 1 atom stereocenters. The lowest BCUT2D eigenvalue weighted by Gasteiger charge is -2.31. The van der Waals surface area contributed by atoms with Crippen LogP contribution in [-0.4, -0.2) is 42.9 Å². The van der Waals surface area contributed by atoms with Crippen LogP contribution in [0.25, 0.3) is 10.2 Å². The lowest BCUT2D eigenvalue weighted by atomic mass is 10.0. The molecule has 0 spiro atoms. The number of methoxy groups -OCH3 is 1. The molecular formula is C19H21N3O4S3. The SMILES string of the molecule is COc1ccc2c(c1)sc(=NC(=O)C1CCCCN1S(=O)(=O)c1cccs1)n2C. The van der Waals surface area contributed by atoms with Crippen LogP contribution in [0.3, 0.4) is 0 Å². The van der Waals surface area contributed by atoms with Gasteiger partial charge in [-0.25, -0.2) is 8.42 Å². The number of aromatic nitrogens is 1. The molecule has 0 bridgehead atoms. The number of thiophene rings is 1. The molecular weight excluding hydrogens is 430 g/mol. The average molecular weight is 452 g/mol. The predicted molar refractivity (Wildman–Crippen MR) is 114 cm³/mol. The third kappa shape index (κ3) is 3.77. The van der Waals surface area contributed by atoms with Crippen LogP contribution in [0.2, 0.25) is 0 Å². The van der Waals surface area contributed by atoms with Crippen molar-refractivity contribution in [2.24, 2.45) is 12.0 Å². The molecule has 29 heavy (non-hydrogen) atoms. The van der Waals surface area contributed by atoms with Crippen LogP contribution in [-0.2, 0) is 21.9 Å². The zero-order chi connectivity index (χ0) is 20.6. The molecule has 154 valence electrons. The summed E-state index contributed by atoms with van der Waals surface area (Å²) in [5.74, 6) is 0.316. The molecule has 1 saturated heterocycles. The van der Waals surface area contributed by atoms with Gasteiger partial charge in [-0.2, -0.15) is 9.30 Å². The maximum atomic E-state index is 13.0. The molecule has 7 nitrogen and oxygen atoms in total. The second-order valence-electron chi connectivity index (χ2n) is 6.79. The van der Waals surface area contributed by atoms with Gasteiger partial charge >= 0.3 is 0 Å². The number of thiazole rings is 1. The molecule has 0 N–H and O–H groups in total. The highest BCUT2D eigenvalue weighted by Crippen LogP contribution is 2.28. The third-order valence-corrected chi connectivity index (χ3v) is 9.39. The molecule has 3 heterocycles. The predicted octanol–water partition coefficient (Wildman–Crippen LogP) is 2.98. The number of fused-ring (bicyclic) bond motifs is 1. The van der Waals surface area contributed by atoms with Crippen molar-refractivity contribution in [1.82, 2.24) is 8.87 Å². The van der Waals surface area contributed by atoms with Crippen LogP contribution in [0.4, 0.5) is 0 Å². The van der Waals surface area contributed by atoms with E-state index in [-0.39, 0.29) is 4.21 Å². The summed E-state index contributed by atoms with van der Waals surface area (Å²) in [6, 6.07) is 8.19. The van der Waals surface area contributed by atoms with E-state index in [1.165, 1.54) is 15.6 Å². The highest BCUT2D eigenvalue weighted by molar-refractivity contribution is 7.91. The minimum atomic E-state index is -3.70. The van der Waals surface area contributed by atoms with Gasteiger partial charge < -0.3 is 9.30 Å². The molecule has 0 saturated carbocycles. The van der Waals surface area contributed by atoms with Gasteiger partial charge in [0.15, 0.2) is 4.80 Å². The van der Waals surface area contributed by atoms with Gasteiger partial charge in [-0.1, -0.05) is 23.8 Å². The Hall–Kier alpha value is -2.01. The van der Waals surface area contributed by atoms with E-state index in [0.29, 0.717) is 17.8 Å². The van der Waals surface area contributed by atoms with Crippen molar-refractivity contribution in [2.75, 3.05) is 13.7 Å². The summed E-state index contributed by atoms with van der Waals surface area (Å²) in [4.78, 5) is 17.9. The Labute approximate surface area is 176 Å². The van der Waals surface area contributed by atoms with Crippen LogP contribution in [0.1, 0.15) is 19.3 Å². The van der Waals surface area contributed by atoms with Gasteiger partial charge in [0.25, 0.3) is 15.9 Å². The highest BCUT2D eigenvalue weighted by atomic mass is 32.2. The second kappa shape index (κ2) is 8.02. The number of amides is 1. The van der Waals surface area contributed by atoms with Crippen molar-refractivity contribution in [3.05, 3.63) is 40.5 Å². The van der Waals surface area contributed by atoms with E-state index < -0.39 is 22.0 Å². The maximum absolute atomic E-state index is 13.0. The number of carbonyl (C=O) groups excluding carboxylic acids is 1. The van der Waals surface area contributed by atoms with Crippen molar-refractivity contribution in [2.45, 2.75) is 29.5 Å². The topological polar surface area (TPSA) is 81.0 Å². The van der Waals surface area contributed by atoms with Crippen molar-refractivity contribution in [1.29, 1.82) is 0 Å². The number of hydrogen-bond donors (Lipinski definition) is 0. The van der Waals surface area contributed by atoms with Crippen LogP contribution in [0.5, 0.6) is 5.75 Å². The summed E-state index contributed by atoms with van der Waals surface area (Å²) in [7, 11) is -0.246. The van der Waals surface area contributed by atoms with E-state index in [1.807, 2.05) is 29.8 Å². The first kappa shape index (κ1) is 20.3. The smallest absolute Gasteiger partial charge is 0.266 e. The molecule has 1 aliphatic heterocycles. The first-order chi connectivity index (χ1) is 13.9. The Bertz CT molecular complexity index is 1210. The third-order valence-electron chi connectivity index (χ3n) is 5.02. The van der Waals surface area contributed by atoms with E-state index in [9.17, 15) is 13.2 Å².